The zero-order valence-electron chi connectivity index (χ0n) is 10.8. The molecule has 2 rings (SSSR count). The fourth-order valence-electron chi connectivity index (χ4n) is 1.99. The highest BCUT2D eigenvalue weighted by Gasteiger charge is 2.17. The van der Waals surface area contributed by atoms with Gasteiger partial charge in [-0.1, -0.05) is 41.1 Å². The molecule has 0 spiro atoms. The van der Waals surface area contributed by atoms with Crippen LogP contribution in [0.2, 0.25) is 0 Å². The van der Waals surface area contributed by atoms with Gasteiger partial charge in [-0.15, -0.1) is 0 Å². The predicted octanol–water partition coefficient (Wildman–Crippen LogP) is 3.73. The van der Waals surface area contributed by atoms with Crippen molar-refractivity contribution in [1.29, 1.82) is 0 Å². The van der Waals surface area contributed by atoms with Gasteiger partial charge in [0.1, 0.15) is 5.82 Å². The summed E-state index contributed by atoms with van der Waals surface area (Å²) in [7, 11) is 0. The third kappa shape index (κ3) is 3.04. The summed E-state index contributed by atoms with van der Waals surface area (Å²) < 4.78 is 0.974. The standard InChI is InChI=1S/C14H15BrN2O2/c1-8(7-12(18)19)14-16-9(2)13(17-14)10-5-3-4-6-11(10)15/h3-6,8H,7H2,1-2H3,(H,16,17)(H,18,19). The summed E-state index contributed by atoms with van der Waals surface area (Å²) in [6, 6.07) is 7.85. The van der Waals surface area contributed by atoms with Gasteiger partial charge in [-0.2, -0.15) is 0 Å². The first-order chi connectivity index (χ1) is 8.99. The number of H-pyrrole nitrogens is 1. The number of hydrogen-bond acceptors (Lipinski definition) is 2. The van der Waals surface area contributed by atoms with Crippen molar-refractivity contribution in [3.05, 3.63) is 40.3 Å². The van der Waals surface area contributed by atoms with Crippen molar-refractivity contribution in [1.82, 2.24) is 9.97 Å². The first-order valence-electron chi connectivity index (χ1n) is 6.02. The molecule has 0 bridgehead atoms. The molecule has 1 heterocycles. The van der Waals surface area contributed by atoms with Crippen molar-refractivity contribution in [2.45, 2.75) is 26.2 Å². The third-order valence-corrected chi connectivity index (χ3v) is 3.67. The Bertz CT molecular complexity index is 607. The molecule has 1 aromatic carbocycles. The lowest BCUT2D eigenvalue weighted by Crippen LogP contribution is -2.04. The van der Waals surface area contributed by atoms with Crippen LogP contribution in [-0.4, -0.2) is 21.0 Å². The zero-order valence-corrected chi connectivity index (χ0v) is 12.4. The molecule has 0 radical (unpaired) electrons. The van der Waals surface area contributed by atoms with E-state index in [9.17, 15) is 4.79 Å². The van der Waals surface area contributed by atoms with Crippen LogP contribution < -0.4 is 0 Å². The largest absolute Gasteiger partial charge is 0.481 e. The molecule has 19 heavy (non-hydrogen) atoms. The number of aromatic nitrogens is 2. The summed E-state index contributed by atoms with van der Waals surface area (Å²) in [6.07, 6.45) is 0.0718. The summed E-state index contributed by atoms with van der Waals surface area (Å²) in [5.74, 6) is -0.234. The number of carbonyl (C=O) groups is 1. The minimum absolute atomic E-state index is 0.0718. The number of carboxylic acids is 1. The van der Waals surface area contributed by atoms with Crippen LogP contribution in [0.25, 0.3) is 11.3 Å². The molecule has 0 aliphatic rings. The number of halogens is 1. The number of aromatic amines is 1. The highest BCUT2D eigenvalue weighted by atomic mass is 79.9. The summed E-state index contributed by atoms with van der Waals surface area (Å²) >= 11 is 3.51. The molecule has 0 saturated heterocycles. The van der Waals surface area contributed by atoms with Gasteiger partial charge in [0.2, 0.25) is 0 Å². The van der Waals surface area contributed by atoms with E-state index in [0.717, 1.165) is 21.4 Å². The fraction of sp³-hybridized carbons (Fsp3) is 0.286. The Kier molecular flexibility index (Phi) is 4.04. The van der Waals surface area contributed by atoms with E-state index in [2.05, 4.69) is 25.9 Å². The van der Waals surface area contributed by atoms with Crippen molar-refractivity contribution in [2.24, 2.45) is 0 Å². The molecule has 0 aliphatic carbocycles. The number of carboxylic acid groups (broad SMARTS) is 1. The normalized spacial score (nSPS) is 12.4. The topological polar surface area (TPSA) is 66.0 Å². The Morgan fingerprint density at radius 2 is 2.16 bits per heavy atom. The maximum atomic E-state index is 10.7. The minimum atomic E-state index is -0.816. The Hall–Kier alpha value is -1.62. The van der Waals surface area contributed by atoms with Gasteiger partial charge in [0.05, 0.1) is 12.1 Å². The predicted molar refractivity (Wildman–Crippen MR) is 77.1 cm³/mol. The lowest BCUT2D eigenvalue weighted by atomic mass is 10.1. The molecular weight excluding hydrogens is 308 g/mol. The number of rotatable bonds is 4. The monoisotopic (exact) mass is 322 g/mol. The second-order valence-electron chi connectivity index (χ2n) is 4.57. The maximum Gasteiger partial charge on any atom is 0.304 e. The highest BCUT2D eigenvalue weighted by Crippen LogP contribution is 2.30. The molecule has 1 unspecified atom stereocenters. The van der Waals surface area contributed by atoms with Gasteiger partial charge < -0.3 is 10.1 Å². The van der Waals surface area contributed by atoms with Gasteiger partial charge >= 0.3 is 5.97 Å². The van der Waals surface area contributed by atoms with Crippen molar-refractivity contribution in [2.75, 3.05) is 0 Å². The Morgan fingerprint density at radius 1 is 1.47 bits per heavy atom. The summed E-state index contributed by atoms with van der Waals surface area (Å²) in [6.45, 7) is 3.80. The molecule has 100 valence electrons. The smallest absolute Gasteiger partial charge is 0.304 e. The molecule has 4 nitrogen and oxygen atoms in total. The van der Waals surface area contributed by atoms with Crippen molar-refractivity contribution < 1.29 is 9.90 Å². The van der Waals surface area contributed by atoms with Crippen LogP contribution in [0.5, 0.6) is 0 Å². The lowest BCUT2D eigenvalue weighted by Gasteiger charge is -2.04. The van der Waals surface area contributed by atoms with Crippen LogP contribution in [0.3, 0.4) is 0 Å². The number of aryl methyl sites for hydroxylation is 1. The van der Waals surface area contributed by atoms with Gasteiger partial charge in [0.25, 0.3) is 0 Å². The van der Waals surface area contributed by atoms with Crippen molar-refractivity contribution in [3.63, 3.8) is 0 Å². The van der Waals surface area contributed by atoms with Crippen molar-refractivity contribution >= 4 is 21.9 Å². The summed E-state index contributed by atoms with van der Waals surface area (Å²) in [5.41, 5.74) is 2.81. The quantitative estimate of drug-likeness (QED) is 0.901. The molecule has 1 aromatic heterocycles. The van der Waals surface area contributed by atoms with E-state index in [1.54, 1.807) is 0 Å². The van der Waals surface area contributed by atoms with E-state index < -0.39 is 5.97 Å². The van der Waals surface area contributed by atoms with Gasteiger partial charge in [-0.25, -0.2) is 4.98 Å². The number of nitrogens with one attached hydrogen (secondary N) is 1. The average molecular weight is 323 g/mol. The van der Waals surface area contributed by atoms with Crippen LogP contribution in [-0.2, 0) is 4.79 Å². The molecule has 2 N–H and O–H groups in total. The zero-order chi connectivity index (χ0) is 14.0. The van der Waals surface area contributed by atoms with Gasteiger partial charge in [-0.3, -0.25) is 4.79 Å². The number of hydrogen-bond donors (Lipinski definition) is 2. The first-order valence-corrected chi connectivity index (χ1v) is 6.81. The Morgan fingerprint density at radius 3 is 2.79 bits per heavy atom. The van der Waals surface area contributed by atoms with Crippen LogP contribution in [0, 0.1) is 6.92 Å². The van der Waals surface area contributed by atoms with E-state index in [1.807, 2.05) is 38.1 Å². The maximum absolute atomic E-state index is 10.7. The third-order valence-electron chi connectivity index (χ3n) is 2.98. The molecule has 5 heteroatoms. The number of benzene rings is 1. The molecule has 2 aromatic rings. The second kappa shape index (κ2) is 5.57. The number of aliphatic carboxylic acids is 1. The van der Waals surface area contributed by atoms with Crippen LogP contribution in [0.15, 0.2) is 28.7 Å². The van der Waals surface area contributed by atoms with Gasteiger partial charge in [0, 0.05) is 21.6 Å². The Labute approximate surface area is 120 Å². The van der Waals surface area contributed by atoms with E-state index in [0.29, 0.717) is 5.82 Å². The molecule has 0 amide bonds. The van der Waals surface area contributed by atoms with Gasteiger partial charge in [-0.05, 0) is 13.0 Å². The molecule has 1 atom stereocenters. The van der Waals surface area contributed by atoms with Crippen LogP contribution in [0.4, 0.5) is 0 Å². The average Bonchev–Trinajstić information content (AvgIpc) is 2.71. The number of nitrogens with zero attached hydrogens (tertiary/aromatic N) is 1. The molecule has 0 aliphatic heterocycles. The van der Waals surface area contributed by atoms with E-state index in [-0.39, 0.29) is 12.3 Å². The summed E-state index contributed by atoms with van der Waals surface area (Å²) in [5, 5.41) is 8.83. The van der Waals surface area contributed by atoms with E-state index >= 15 is 0 Å². The van der Waals surface area contributed by atoms with Crippen LogP contribution >= 0.6 is 15.9 Å². The minimum Gasteiger partial charge on any atom is -0.481 e. The first kappa shape index (κ1) is 13.8. The molecular formula is C14H15BrN2O2. The van der Waals surface area contributed by atoms with E-state index in [1.165, 1.54) is 0 Å². The van der Waals surface area contributed by atoms with E-state index in [4.69, 9.17) is 5.11 Å². The second-order valence-corrected chi connectivity index (χ2v) is 5.43. The van der Waals surface area contributed by atoms with Crippen LogP contribution in [0.1, 0.15) is 30.8 Å². The lowest BCUT2D eigenvalue weighted by molar-refractivity contribution is -0.137. The SMILES string of the molecule is Cc1[nH]c(C(C)CC(=O)O)nc1-c1ccccc1Br. The Balaban J connectivity index is 2.37. The summed E-state index contributed by atoms with van der Waals surface area (Å²) in [4.78, 5) is 18.5. The number of imidazole rings is 1. The highest BCUT2D eigenvalue weighted by molar-refractivity contribution is 9.10. The molecule has 0 fully saturated rings. The molecule has 0 saturated carbocycles. The fourth-order valence-corrected chi connectivity index (χ4v) is 2.46. The van der Waals surface area contributed by atoms with Gasteiger partial charge in [0.15, 0.2) is 0 Å². The van der Waals surface area contributed by atoms with Crippen molar-refractivity contribution in [3.8, 4) is 11.3 Å².